The highest BCUT2D eigenvalue weighted by atomic mass is 16.3. The molecule has 5 heteroatoms. The summed E-state index contributed by atoms with van der Waals surface area (Å²) in [5.74, 6) is 0.907. The van der Waals surface area contributed by atoms with Crippen LogP contribution < -0.4 is 4.90 Å². The van der Waals surface area contributed by atoms with Gasteiger partial charge in [-0.15, -0.1) is 0 Å². The summed E-state index contributed by atoms with van der Waals surface area (Å²) in [6, 6.07) is 1.97. The summed E-state index contributed by atoms with van der Waals surface area (Å²) in [4.78, 5) is 13.6. The number of hydrogen-bond acceptors (Lipinski definition) is 4. The second-order valence-electron chi connectivity index (χ2n) is 4.61. The third-order valence-electron chi connectivity index (χ3n) is 3.08. The zero-order valence-electron chi connectivity index (χ0n) is 9.14. The average molecular weight is 218 g/mol. The first-order valence-electron chi connectivity index (χ1n) is 5.41. The lowest BCUT2D eigenvalue weighted by Crippen LogP contribution is -2.30. The van der Waals surface area contributed by atoms with Crippen LogP contribution in [-0.4, -0.2) is 38.7 Å². The van der Waals surface area contributed by atoms with Crippen LogP contribution in [0.4, 0.5) is 5.82 Å². The molecule has 84 valence electrons. The lowest BCUT2D eigenvalue weighted by atomic mass is 10.1. The molecule has 0 aliphatic carbocycles. The maximum Gasteiger partial charge on any atom is 0.142 e. The van der Waals surface area contributed by atoms with Crippen molar-refractivity contribution in [1.82, 2.24) is 15.0 Å². The molecule has 2 N–H and O–H groups in total. The number of fused-ring (bicyclic) bond motifs is 1. The molecule has 0 radical (unpaired) electrons. The lowest BCUT2D eigenvalue weighted by molar-refractivity contribution is 0.0839. The molecule has 5 nitrogen and oxygen atoms in total. The van der Waals surface area contributed by atoms with Crippen LogP contribution >= 0.6 is 0 Å². The standard InChI is InChI=1S/C11H14N4O/c1-11(16)3-5-15(6-11)10-8-2-4-12-9(8)13-7-14-10/h2,4,7,16H,3,5-6H2,1H3,(H,12,13,14). The van der Waals surface area contributed by atoms with E-state index in [4.69, 9.17) is 0 Å². The van der Waals surface area contributed by atoms with Crippen molar-refractivity contribution in [3.63, 3.8) is 0 Å². The zero-order chi connectivity index (χ0) is 11.2. The summed E-state index contributed by atoms with van der Waals surface area (Å²) in [6.07, 6.45) is 4.20. The third-order valence-corrected chi connectivity index (χ3v) is 3.08. The van der Waals surface area contributed by atoms with Gasteiger partial charge in [0.15, 0.2) is 0 Å². The van der Waals surface area contributed by atoms with Crippen LogP contribution in [0.3, 0.4) is 0 Å². The summed E-state index contributed by atoms with van der Waals surface area (Å²) in [5, 5.41) is 11.0. The quantitative estimate of drug-likeness (QED) is 0.747. The predicted octanol–water partition coefficient (Wildman–Crippen LogP) is 0.919. The molecule has 1 saturated heterocycles. The number of nitrogens with zero attached hydrogens (tertiary/aromatic N) is 3. The van der Waals surface area contributed by atoms with Crippen molar-refractivity contribution in [2.75, 3.05) is 18.0 Å². The molecule has 0 saturated carbocycles. The van der Waals surface area contributed by atoms with Gasteiger partial charge in [-0.05, 0) is 19.4 Å². The number of nitrogens with one attached hydrogen (secondary N) is 1. The van der Waals surface area contributed by atoms with Crippen molar-refractivity contribution in [3.05, 3.63) is 18.6 Å². The largest absolute Gasteiger partial charge is 0.388 e. The van der Waals surface area contributed by atoms with E-state index in [1.165, 1.54) is 0 Å². The van der Waals surface area contributed by atoms with Gasteiger partial charge in [-0.1, -0.05) is 0 Å². The number of rotatable bonds is 1. The molecule has 0 aromatic carbocycles. The number of H-pyrrole nitrogens is 1. The van der Waals surface area contributed by atoms with Crippen LogP contribution in [0.1, 0.15) is 13.3 Å². The van der Waals surface area contributed by atoms with Gasteiger partial charge in [0.1, 0.15) is 17.8 Å². The first kappa shape index (κ1) is 9.59. The van der Waals surface area contributed by atoms with Crippen molar-refractivity contribution >= 4 is 16.9 Å². The summed E-state index contributed by atoms with van der Waals surface area (Å²) in [5.41, 5.74) is 0.240. The monoisotopic (exact) mass is 218 g/mol. The molecule has 1 aliphatic heterocycles. The van der Waals surface area contributed by atoms with Gasteiger partial charge < -0.3 is 15.0 Å². The van der Waals surface area contributed by atoms with E-state index in [1.807, 2.05) is 19.2 Å². The Labute approximate surface area is 93.1 Å². The molecule has 3 rings (SSSR count). The molecule has 2 aromatic rings. The van der Waals surface area contributed by atoms with E-state index in [0.29, 0.717) is 6.54 Å². The van der Waals surface area contributed by atoms with Crippen LogP contribution in [-0.2, 0) is 0 Å². The summed E-state index contributed by atoms with van der Waals surface area (Å²) in [6.45, 7) is 3.33. The van der Waals surface area contributed by atoms with Gasteiger partial charge in [0.05, 0.1) is 11.0 Å². The van der Waals surface area contributed by atoms with E-state index < -0.39 is 5.60 Å². The van der Waals surface area contributed by atoms with Gasteiger partial charge in [-0.2, -0.15) is 0 Å². The smallest absolute Gasteiger partial charge is 0.142 e. The topological polar surface area (TPSA) is 65.0 Å². The Hall–Kier alpha value is -1.62. The maximum atomic E-state index is 9.96. The molecule has 0 bridgehead atoms. The Bertz CT molecular complexity index is 519. The second-order valence-corrected chi connectivity index (χ2v) is 4.61. The molecule has 1 atom stereocenters. The van der Waals surface area contributed by atoms with E-state index in [1.54, 1.807) is 6.33 Å². The Morgan fingerprint density at radius 1 is 1.50 bits per heavy atom. The number of aromatic amines is 1. The third kappa shape index (κ3) is 1.44. The number of aliphatic hydroxyl groups is 1. The predicted molar refractivity (Wildman–Crippen MR) is 61.3 cm³/mol. The SMILES string of the molecule is CC1(O)CCN(c2ncnc3[nH]ccc23)C1. The maximum absolute atomic E-state index is 9.96. The van der Waals surface area contributed by atoms with Crippen LogP contribution in [0, 0.1) is 0 Å². The number of β-amino-alcohol motifs (C(OH)–C–C–N with tert-alkyl or cyclic N) is 1. The van der Waals surface area contributed by atoms with E-state index in [2.05, 4.69) is 19.9 Å². The molecular formula is C11H14N4O. The van der Waals surface area contributed by atoms with Crippen molar-refractivity contribution < 1.29 is 5.11 Å². The van der Waals surface area contributed by atoms with Gasteiger partial charge in [0.2, 0.25) is 0 Å². The molecule has 3 heterocycles. The highest BCUT2D eigenvalue weighted by Gasteiger charge is 2.32. The van der Waals surface area contributed by atoms with Crippen molar-refractivity contribution in [2.45, 2.75) is 18.9 Å². The number of hydrogen-bond donors (Lipinski definition) is 2. The minimum absolute atomic E-state index is 0.604. The highest BCUT2D eigenvalue weighted by Crippen LogP contribution is 2.29. The van der Waals surface area contributed by atoms with Crippen molar-refractivity contribution in [2.24, 2.45) is 0 Å². The van der Waals surface area contributed by atoms with Crippen LogP contribution in [0.5, 0.6) is 0 Å². The van der Waals surface area contributed by atoms with Crippen LogP contribution in [0.2, 0.25) is 0 Å². The molecule has 1 unspecified atom stereocenters. The molecule has 2 aromatic heterocycles. The first-order valence-corrected chi connectivity index (χ1v) is 5.41. The summed E-state index contributed by atoms with van der Waals surface area (Å²) in [7, 11) is 0. The Morgan fingerprint density at radius 3 is 3.12 bits per heavy atom. The Kier molecular flexibility index (Phi) is 1.91. The van der Waals surface area contributed by atoms with Crippen LogP contribution in [0.15, 0.2) is 18.6 Å². The van der Waals surface area contributed by atoms with E-state index in [0.717, 1.165) is 29.8 Å². The summed E-state index contributed by atoms with van der Waals surface area (Å²) < 4.78 is 0. The van der Waals surface area contributed by atoms with Gasteiger partial charge in [-0.3, -0.25) is 0 Å². The van der Waals surface area contributed by atoms with E-state index >= 15 is 0 Å². The molecular weight excluding hydrogens is 204 g/mol. The van der Waals surface area contributed by atoms with E-state index in [9.17, 15) is 5.11 Å². The zero-order valence-corrected chi connectivity index (χ0v) is 9.14. The lowest BCUT2D eigenvalue weighted by Gasteiger charge is -2.20. The number of aromatic nitrogens is 3. The Balaban J connectivity index is 2.03. The fourth-order valence-electron chi connectivity index (χ4n) is 2.24. The summed E-state index contributed by atoms with van der Waals surface area (Å²) >= 11 is 0. The fourth-order valence-corrected chi connectivity index (χ4v) is 2.24. The Morgan fingerprint density at radius 2 is 2.38 bits per heavy atom. The van der Waals surface area contributed by atoms with Gasteiger partial charge in [-0.25, -0.2) is 9.97 Å². The van der Waals surface area contributed by atoms with Gasteiger partial charge >= 0.3 is 0 Å². The fraction of sp³-hybridized carbons (Fsp3) is 0.455. The second kappa shape index (κ2) is 3.18. The van der Waals surface area contributed by atoms with Gasteiger partial charge in [0, 0.05) is 19.3 Å². The molecule has 1 fully saturated rings. The molecule has 1 aliphatic rings. The van der Waals surface area contributed by atoms with Crippen molar-refractivity contribution in [3.8, 4) is 0 Å². The number of anilines is 1. The van der Waals surface area contributed by atoms with Gasteiger partial charge in [0.25, 0.3) is 0 Å². The normalized spacial score (nSPS) is 25.5. The molecule has 0 spiro atoms. The minimum Gasteiger partial charge on any atom is -0.388 e. The average Bonchev–Trinajstić information content (AvgIpc) is 2.83. The molecule has 0 amide bonds. The highest BCUT2D eigenvalue weighted by molar-refractivity contribution is 5.87. The van der Waals surface area contributed by atoms with Crippen molar-refractivity contribution in [1.29, 1.82) is 0 Å². The van der Waals surface area contributed by atoms with Crippen LogP contribution in [0.25, 0.3) is 11.0 Å². The first-order chi connectivity index (χ1) is 7.66. The van der Waals surface area contributed by atoms with E-state index in [-0.39, 0.29) is 0 Å². The minimum atomic E-state index is -0.604. The molecule has 16 heavy (non-hydrogen) atoms.